The molecule has 1 atom stereocenters. The summed E-state index contributed by atoms with van der Waals surface area (Å²) in [6, 6.07) is 1.02. The van der Waals surface area contributed by atoms with Gasteiger partial charge in [0.05, 0.1) is 0 Å². The third-order valence-corrected chi connectivity index (χ3v) is 3.83. The van der Waals surface area contributed by atoms with Crippen LogP contribution in [0.25, 0.3) is 11.4 Å². The van der Waals surface area contributed by atoms with Gasteiger partial charge in [0.25, 0.3) is 0 Å². The number of carboxylic acid groups (broad SMARTS) is 1. The summed E-state index contributed by atoms with van der Waals surface area (Å²) in [6.07, 6.45) is 3.68. The lowest BCUT2D eigenvalue weighted by atomic mass is 10.2. The summed E-state index contributed by atoms with van der Waals surface area (Å²) in [7, 11) is -1.47. The lowest BCUT2D eigenvalue weighted by Gasteiger charge is -2.06. The zero-order valence-electron chi connectivity index (χ0n) is 13.6. The number of aliphatic carboxylic acids is 1. The first-order chi connectivity index (χ1) is 10.8. The number of nitrogens with zero attached hydrogens (tertiary/aromatic N) is 5. The van der Waals surface area contributed by atoms with Crippen LogP contribution >= 0.6 is 0 Å². The van der Waals surface area contributed by atoms with Crippen LogP contribution in [0.15, 0.2) is 18.5 Å². The van der Waals surface area contributed by atoms with E-state index in [0.717, 1.165) is 10.4 Å². The van der Waals surface area contributed by atoms with Crippen LogP contribution in [0.1, 0.15) is 24.9 Å². The number of aromatic nitrogens is 5. The van der Waals surface area contributed by atoms with Crippen molar-refractivity contribution in [3.8, 4) is 22.9 Å². The van der Waals surface area contributed by atoms with Gasteiger partial charge < -0.3 is 5.11 Å². The van der Waals surface area contributed by atoms with Crippen LogP contribution in [0.4, 0.5) is 0 Å². The fourth-order valence-corrected chi connectivity index (χ4v) is 2.32. The molecular formula is C15H19N5O2Si. The van der Waals surface area contributed by atoms with Gasteiger partial charge in [-0.3, -0.25) is 4.98 Å². The highest BCUT2D eigenvalue weighted by Gasteiger charge is 2.21. The number of carbonyl (C=O) groups is 1. The van der Waals surface area contributed by atoms with E-state index in [-0.39, 0.29) is 0 Å². The molecular weight excluding hydrogens is 310 g/mol. The highest BCUT2D eigenvalue weighted by molar-refractivity contribution is 6.83. The van der Waals surface area contributed by atoms with E-state index in [2.05, 4.69) is 51.5 Å². The van der Waals surface area contributed by atoms with Gasteiger partial charge in [0.15, 0.2) is 6.04 Å². The van der Waals surface area contributed by atoms with Crippen molar-refractivity contribution in [1.82, 2.24) is 25.2 Å². The molecule has 0 aliphatic heterocycles. The minimum atomic E-state index is -1.47. The van der Waals surface area contributed by atoms with Gasteiger partial charge in [0, 0.05) is 23.5 Å². The van der Waals surface area contributed by atoms with E-state index in [0.29, 0.717) is 17.8 Å². The second-order valence-corrected chi connectivity index (χ2v) is 10.9. The molecule has 7 nitrogen and oxygen atoms in total. The second-order valence-electron chi connectivity index (χ2n) is 6.16. The minimum Gasteiger partial charge on any atom is -0.480 e. The van der Waals surface area contributed by atoms with Crippen LogP contribution in [0, 0.1) is 11.5 Å². The van der Waals surface area contributed by atoms with E-state index in [1.165, 1.54) is 0 Å². The predicted molar refractivity (Wildman–Crippen MR) is 88.2 cm³/mol. The SMILES string of the molecule is CCC(C(=O)O)n1nnc(-c2cncc(C#C[Si](C)(C)C)c2)n1. The maximum atomic E-state index is 11.2. The summed E-state index contributed by atoms with van der Waals surface area (Å²) in [5.74, 6) is 2.49. The molecule has 2 heterocycles. The molecule has 0 saturated carbocycles. The molecule has 2 aromatic heterocycles. The molecule has 0 saturated heterocycles. The van der Waals surface area contributed by atoms with Crippen LogP contribution < -0.4 is 0 Å². The lowest BCUT2D eigenvalue weighted by Crippen LogP contribution is -2.20. The molecule has 0 spiro atoms. The summed E-state index contributed by atoms with van der Waals surface area (Å²) in [6.45, 7) is 8.26. The zero-order valence-corrected chi connectivity index (χ0v) is 14.6. The number of tetrazole rings is 1. The summed E-state index contributed by atoms with van der Waals surface area (Å²) in [5, 5.41) is 21.1. The molecule has 2 aromatic rings. The largest absolute Gasteiger partial charge is 0.480 e. The molecule has 120 valence electrons. The van der Waals surface area contributed by atoms with E-state index in [1.54, 1.807) is 19.3 Å². The van der Waals surface area contributed by atoms with Crippen molar-refractivity contribution < 1.29 is 9.90 Å². The van der Waals surface area contributed by atoms with Gasteiger partial charge in [-0.15, -0.1) is 20.5 Å². The standard InChI is InChI=1S/C15H19N5O2Si/c1-5-13(15(21)22)20-18-14(17-19-20)12-8-11(9-16-10-12)6-7-23(2,3)4/h8-10,13H,5H2,1-4H3,(H,21,22). The third-order valence-electron chi connectivity index (χ3n) is 2.96. The molecule has 23 heavy (non-hydrogen) atoms. The summed E-state index contributed by atoms with van der Waals surface area (Å²) < 4.78 is 0. The first-order valence-electron chi connectivity index (χ1n) is 7.31. The first-order valence-corrected chi connectivity index (χ1v) is 10.8. The Hall–Kier alpha value is -2.53. The van der Waals surface area contributed by atoms with Crippen LogP contribution in [-0.4, -0.2) is 44.3 Å². The third kappa shape index (κ3) is 4.47. The van der Waals surface area contributed by atoms with Gasteiger partial charge in [0.2, 0.25) is 5.82 Å². The van der Waals surface area contributed by atoms with Gasteiger partial charge in [0.1, 0.15) is 8.07 Å². The zero-order chi connectivity index (χ0) is 17.0. The van der Waals surface area contributed by atoms with Crippen LogP contribution in [0.2, 0.25) is 19.6 Å². The van der Waals surface area contributed by atoms with E-state index in [4.69, 9.17) is 5.11 Å². The average molecular weight is 329 g/mol. The van der Waals surface area contributed by atoms with Crippen LogP contribution in [-0.2, 0) is 4.79 Å². The molecule has 0 aliphatic carbocycles. The quantitative estimate of drug-likeness (QED) is 0.681. The molecule has 1 N–H and O–H groups in total. The minimum absolute atomic E-state index is 0.342. The van der Waals surface area contributed by atoms with Crippen LogP contribution in [0.5, 0.6) is 0 Å². The van der Waals surface area contributed by atoms with Crippen molar-refractivity contribution in [2.45, 2.75) is 39.0 Å². The van der Waals surface area contributed by atoms with E-state index in [1.807, 2.05) is 6.07 Å². The van der Waals surface area contributed by atoms with Crippen molar-refractivity contribution in [2.24, 2.45) is 0 Å². The molecule has 2 rings (SSSR count). The topological polar surface area (TPSA) is 93.8 Å². The van der Waals surface area contributed by atoms with E-state index < -0.39 is 20.1 Å². The van der Waals surface area contributed by atoms with Gasteiger partial charge in [-0.25, -0.2) is 4.79 Å². The van der Waals surface area contributed by atoms with Gasteiger partial charge >= 0.3 is 5.97 Å². The number of hydrogen-bond acceptors (Lipinski definition) is 5. The van der Waals surface area contributed by atoms with Crippen LogP contribution in [0.3, 0.4) is 0 Å². The number of pyridine rings is 1. The molecule has 0 radical (unpaired) electrons. The second kappa shape index (κ2) is 6.70. The van der Waals surface area contributed by atoms with E-state index in [9.17, 15) is 4.79 Å². The first kappa shape index (κ1) is 16.8. The molecule has 8 heteroatoms. The maximum absolute atomic E-state index is 11.2. The fourth-order valence-electron chi connectivity index (χ4n) is 1.80. The highest BCUT2D eigenvalue weighted by Crippen LogP contribution is 2.16. The normalized spacial score (nSPS) is 12.3. The number of carboxylic acids is 1. The van der Waals surface area contributed by atoms with Crippen molar-refractivity contribution in [3.05, 3.63) is 24.0 Å². The highest BCUT2D eigenvalue weighted by atomic mass is 28.3. The molecule has 0 fully saturated rings. The van der Waals surface area contributed by atoms with Gasteiger partial charge in [-0.1, -0.05) is 32.5 Å². The lowest BCUT2D eigenvalue weighted by molar-refractivity contribution is -0.141. The average Bonchev–Trinajstić information content (AvgIpc) is 2.95. The van der Waals surface area contributed by atoms with Crippen molar-refractivity contribution in [1.29, 1.82) is 0 Å². The Morgan fingerprint density at radius 1 is 1.39 bits per heavy atom. The molecule has 0 amide bonds. The number of hydrogen-bond donors (Lipinski definition) is 1. The predicted octanol–water partition coefficient (Wildman–Crippen LogP) is 2.00. The Balaban J connectivity index is 2.31. The summed E-state index contributed by atoms with van der Waals surface area (Å²) in [5.41, 5.74) is 4.72. The van der Waals surface area contributed by atoms with E-state index >= 15 is 0 Å². The Bertz CT molecular complexity index is 770. The Kier molecular flexibility index (Phi) is 4.91. The summed E-state index contributed by atoms with van der Waals surface area (Å²) >= 11 is 0. The molecule has 0 aliphatic rings. The molecule has 0 aromatic carbocycles. The Labute approximate surface area is 135 Å². The monoisotopic (exact) mass is 329 g/mol. The maximum Gasteiger partial charge on any atom is 0.330 e. The van der Waals surface area contributed by atoms with Crippen molar-refractivity contribution in [3.63, 3.8) is 0 Å². The van der Waals surface area contributed by atoms with Crippen molar-refractivity contribution in [2.75, 3.05) is 0 Å². The van der Waals surface area contributed by atoms with Gasteiger partial charge in [-0.2, -0.15) is 0 Å². The number of rotatable bonds is 4. The van der Waals surface area contributed by atoms with Crippen molar-refractivity contribution >= 4 is 14.0 Å². The Morgan fingerprint density at radius 3 is 2.74 bits per heavy atom. The molecule has 0 bridgehead atoms. The summed E-state index contributed by atoms with van der Waals surface area (Å²) in [4.78, 5) is 16.4. The van der Waals surface area contributed by atoms with Gasteiger partial charge in [-0.05, 0) is 17.7 Å². The molecule has 1 unspecified atom stereocenters. The Morgan fingerprint density at radius 2 is 2.13 bits per heavy atom. The fraction of sp³-hybridized carbons (Fsp3) is 0.400. The smallest absolute Gasteiger partial charge is 0.330 e.